The molecule has 0 radical (unpaired) electrons. The Kier molecular flexibility index (Phi) is 7.33. The molecule has 0 fully saturated rings. The largest absolute Gasteiger partial charge is 0.326 e. The standard InChI is InChI=1S/C18H17N5O3S3/c1-11(24)20-12-3-2-4-13(7-12)21-16(26)10-29-18-22-14(9-28-18)8-15(25)23-17-19-5-6-27-17/h2-7,9H,8,10H2,1H3,(H,20,24)(H,21,26)(H,19,23,25). The van der Waals surface area contributed by atoms with Gasteiger partial charge >= 0.3 is 0 Å². The number of hydrogen-bond acceptors (Lipinski definition) is 8. The third kappa shape index (κ3) is 6.97. The number of amides is 3. The highest BCUT2D eigenvalue weighted by atomic mass is 32.2. The molecule has 1 aromatic carbocycles. The summed E-state index contributed by atoms with van der Waals surface area (Å²) in [7, 11) is 0. The fourth-order valence-corrected chi connectivity index (χ4v) is 4.44. The van der Waals surface area contributed by atoms with Crippen molar-refractivity contribution in [2.24, 2.45) is 0 Å². The molecule has 0 atom stereocenters. The number of nitrogens with one attached hydrogen (secondary N) is 3. The lowest BCUT2D eigenvalue weighted by Crippen LogP contribution is -2.15. The van der Waals surface area contributed by atoms with Gasteiger partial charge in [-0.3, -0.25) is 14.4 Å². The Bertz CT molecular complexity index is 1000. The number of thioether (sulfide) groups is 1. The smallest absolute Gasteiger partial charge is 0.234 e. The van der Waals surface area contributed by atoms with E-state index in [0.717, 1.165) is 0 Å². The van der Waals surface area contributed by atoms with Gasteiger partial charge in [0.25, 0.3) is 0 Å². The molecule has 150 valence electrons. The van der Waals surface area contributed by atoms with E-state index in [1.54, 1.807) is 41.2 Å². The van der Waals surface area contributed by atoms with E-state index < -0.39 is 0 Å². The van der Waals surface area contributed by atoms with E-state index in [-0.39, 0.29) is 29.9 Å². The first-order valence-corrected chi connectivity index (χ1v) is 11.2. The Morgan fingerprint density at radius 1 is 1.07 bits per heavy atom. The minimum atomic E-state index is -0.187. The molecule has 0 aliphatic heterocycles. The Hall–Kier alpha value is -2.76. The number of rotatable bonds is 8. The number of benzene rings is 1. The summed E-state index contributed by atoms with van der Waals surface area (Å²) in [6.07, 6.45) is 1.78. The van der Waals surface area contributed by atoms with Crippen LogP contribution in [0.2, 0.25) is 0 Å². The quantitative estimate of drug-likeness (QED) is 0.456. The van der Waals surface area contributed by atoms with Crippen molar-refractivity contribution in [3.8, 4) is 0 Å². The summed E-state index contributed by atoms with van der Waals surface area (Å²) in [6, 6.07) is 6.93. The van der Waals surface area contributed by atoms with Crippen molar-refractivity contribution in [2.75, 3.05) is 21.7 Å². The Labute approximate surface area is 179 Å². The molecule has 0 saturated heterocycles. The molecule has 0 unspecified atom stereocenters. The second-order valence-electron chi connectivity index (χ2n) is 5.77. The fourth-order valence-electron chi connectivity index (χ4n) is 2.25. The lowest BCUT2D eigenvalue weighted by atomic mass is 10.2. The monoisotopic (exact) mass is 447 g/mol. The maximum Gasteiger partial charge on any atom is 0.234 e. The third-order valence-electron chi connectivity index (χ3n) is 3.34. The number of thiazole rings is 2. The Morgan fingerprint density at radius 2 is 1.86 bits per heavy atom. The average Bonchev–Trinajstić information content (AvgIpc) is 3.32. The molecule has 0 spiro atoms. The topological polar surface area (TPSA) is 113 Å². The van der Waals surface area contributed by atoms with Crippen molar-refractivity contribution >= 4 is 68.7 Å². The van der Waals surface area contributed by atoms with Crippen molar-refractivity contribution in [1.82, 2.24) is 9.97 Å². The van der Waals surface area contributed by atoms with Gasteiger partial charge in [-0.15, -0.1) is 22.7 Å². The molecule has 8 nitrogen and oxygen atoms in total. The number of hydrogen-bond donors (Lipinski definition) is 3. The average molecular weight is 448 g/mol. The van der Waals surface area contributed by atoms with E-state index in [4.69, 9.17) is 0 Å². The van der Waals surface area contributed by atoms with Crippen LogP contribution in [0.5, 0.6) is 0 Å². The summed E-state index contributed by atoms with van der Waals surface area (Å²) in [4.78, 5) is 43.7. The highest BCUT2D eigenvalue weighted by Gasteiger charge is 2.11. The molecule has 3 aromatic rings. The van der Waals surface area contributed by atoms with Crippen LogP contribution in [0, 0.1) is 0 Å². The van der Waals surface area contributed by atoms with Gasteiger partial charge < -0.3 is 16.0 Å². The molecule has 2 aromatic heterocycles. The van der Waals surface area contributed by atoms with Crippen LogP contribution >= 0.6 is 34.4 Å². The van der Waals surface area contributed by atoms with Crippen LogP contribution < -0.4 is 16.0 Å². The van der Waals surface area contributed by atoms with Crippen LogP contribution in [0.15, 0.2) is 45.6 Å². The second-order valence-corrected chi connectivity index (χ2v) is 8.74. The lowest BCUT2D eigenvalue weighted by molar-refractivity contribution is -0.116. The van der Waals surface area contributed by atoms with E-state index in [0.29, 0.717) is 26.5 Å². The van der Waals surface area contributed by atoms with Gasteiger partial charge in [-0.25, -0.2) is 9.97 Å². The maximum absolute atomic E-state index is 12.2. The van der Waals surface area contributed by atoms with Crippen LogP contribution in [-0.4, -0.2) is 33.4 Å². The summed E-state index contributed by atoms with van der Waals surface area (Å²) in [5.41, 5.74) is 1.86. The molecule has 2 heterocycles. The predicted octanol–water partition coefficient (Wildman–Crippen LogP) is 3.47. The zero-order valence-electron chi connectivity index (χ0n) is 15.3. The summed E-state index contributed by atoms with van der Waals surface area (Å²) < 4.78 is 0.712. The zero-order valence-corrected chi connectivity index (χ0v) is 17.7. The fraction of sp³-hybridized carbons (Fsp3) is 0.167. The molecule has 3 amide bonds. The minimum absolute atomic E-state index is 0.152. The number of nitrogens with zero attached hydrogens (tertiary/aromatic N) is 2. The predicted molar refractivity (Wildman–Crippen MR) is 117 cm³/mol. The first kappa shape index (κ1) is 21.0. The van der Waals surface area contributed by atoms with Crippen molar-refractivity contribution in [2.45, 2.75) is 17.7 Å². The van der Waals surface area contributed by atoms with Crippen LogP contribution in [0.4, 0.5) is 16.5 Å². The van der Waals surface area contributed by atoms with Gasteiger partial charge in [-0.2, -0.15) is 0 Å². The molecular weight excluding hydrogens is 430 g/mol. The van der Waals surface area contributed by atoms with E-state index in [1.807, 2.05) is 0 Å². The van der Waals surface area contributed by atoms with E-state index in [2.05, 4.69) is 25.9 Å². The van der Waals surface area contributed by atoms with Crippen LogP contribution in [0.25, 0.3) is 0 Å². The van der Waals surface area contributed by atoms with Crippen molar-refractivity contribution < 1.29 is 14.4 Å². The Morgan fingerprint density at radius 3 is 2.59 bits per heavy atom. The van der Waals surface area contributed by atoms with Crippen molar-refractivity contribution in [3.63, 3.8) is 0 Å². The molecule has 11 heteroatoms. The summed E-state index contributed by atoms with van der Waals surface area (Å²) in [5.74, 6) is -0.362. The van der Waals surface area contributed by atoms with Crippen LogP contribution in [0.1, 0.15) is 12.6 Å². The highest BCUT2D eigenvalue weighted by Crippen LogP contribution is 2.24. The number of aromatic nitrogens is 2. The van der Waals surface area contributed by atoms with Gasteiger partial charge in [0.2, 0.25) is 17.7 Å². The van der Waals surface area contributed by atoms with Gasteiger partial charge in [0.15, 0.2) is 9.47 Å². The second kappa shape index (κ2) is 10.1. The van der Waals surface area contributed by atoms with E-state index >= 15 is 0 Å². The van der Waals surface area contributed by atoms with Crippen molar-refractivity contribution in [1.29, 1.82) is 0 Å². The number of carbonyl (C=O) groups excluding carboxylic acids is 3. The first-order chi connectivity index (χ1) is 14.0. The molecule has 29 heavy (non-hydrogen) atoms. The number of carbonyl (C=O) groups is 3. The van der Waals surface area contributed by atoms with Gasteiger partial charge in [0, 0.05) is 35.3 Å². The molecule has 0 aliphatic rings. The first-order valence-electron chi connectivity index (χ1n) is 8.42. The number of anilines is 3. The van der Waals surface area contributed by atoms with Gasteiger partial charge in [-0.1, -0.05) is 17.8 Å². The zero-order chi connectivity index (χ0) is 20.6. The SMILES string of the molecule is CC(=O)Nc1cccc(NC(=O)CSc2nc(CC(=O)Nc3nccs3)cs2)c1. The normalized spacial score (nSPS) is 10.4. The van der Waals surface area contributed by atoms with Crippen LogP contribution in [0.3, 0.4) is 0 Å². The van der Waals surface area contributed by atoms with E-state index in [9.17, 15) is 14.4 Å². The van der Waals surface area contributed by atoms with Crippen LogP contribution in [-0.2, 0) is 20.8 Å². The van der Waals surface area contributed by atoms with Gasteiger partial charge in [0.1, 0.15) is 0 Å². The molecule has 3 rings (SSSR count). The minimum Gasteiger partial charge on any atom is -0.326 e. The molecule has 0 bridgehead atoms. The lowest BCUT2D eigenvalue weighted by Gasteiger charge is -2.07. The molecule has 0 aliphatic carbocycles. The molecule has 3 N–H and O–H groups in total. The summed E-state index contributed by atoms with van der Waals surface area (Å²) in [6.45, 7) is 1.42. The molecular formula is C18H17N5O3S3. The summed E-state index contributed by atoms with van der Waals surface area (Å²) >= 11 is 4.04. The van der Waals surface area contributed by atoms with Gasteiger partial charge in [-0.05, 0) is 18.2 Å². The summed E-state index contributed by atoms with van der Waals surface area (Å²) in [5, 5.41) is 12.3. The maximum atomic E-state index is 12.2. The third-order valence-corrected chi connectivity index (χ3v) is 6.10. The van der Waals surface area contributed by atoms with Crippen molar-refractivity contribution in [3.05, 3.63) is 46.9 Å². The van der Waals surface area contributed by atoms with E-state index in [1.165, 1.54) is 41.4 Å². The van der Waals surface area contributed by atoms with Gasteiger partial charge in [0.05, 0.1) is 17.9 Å². The Balaban J connectivity index is 1.46. The molecule has 0 saturated carbocycles. The highest BCUT2D eigenvalue weighted by molar-refractivity contribution is 8.01.